The van der Waals surface area contributed by atoms with E-state index in [1.165, 1.54) is 6.42 Å². The molecular weight excluding hydrogens is 196 g/mol. The molecule has 0 bridgehead atoms. The van der Waals surface area contributed by atoms with Gasteiger partial charge in [-0.25, -0.2) is 0 Å². The van der Waals surface area contributed by atoms with Gasteiger partial charge in [0.2, 0.25) is 0 Å². The van der Waals surface area contributed by atoms with E-state index in [1.54, 1.807) is 6.07 Å². The number of phenolic OH excluding ortho intramolecular Hbond substituents is 1. The SMILES string of the molecule is CC.CCC.Oc1cccc2ccccc12. The molecule has 0 aliphatic heterocycles. The van der Waals surface area contributed by atoms with Crippen LogP contribution in [0.1, 0.15) is 34.1 Å². The molecule has 0 saturated carbocycles. The van der Waals surface area contributed by atoms with Crippen LogP contribution < -0.4 is 0 Å². The number of hydrogen-bond acceptors (Lipinski definition) is 1. The van der Waals surface area contributed by atoms with E-state index in [2.05, 4.69) is 13.8 Å². The Labute approximate surface area is 98.7 Å². The van der Waals surface area contributed by atoms with Crippen molar-refractivity contribution < 1.29 is 5.11 Å². The van der Waals surface area contributed by atoms with Crippen molar-refractivity contribution in [1.29, 1.82) is 0 Å². The summed E-state index contributed by atoms with van der Waals surface area (Å²) in [5.74, 6) is 0.350. The monoisotopic (exact) mass is 218 g/mol. The fraction of sp³-hybridized carbons (Fsp3) is 0.333. The topological polar surface area (TPSA) is 20.2 Å². The number of phenols is 1. The van der Waals surface area contributed by atoms with Crippen molar-refractivity contribution >= 4 is 10.8 Å². The van der Waals surface area contributed by atoms with Gasteiger partial charge >= 0.3 is 0 Å². The Morgan fingerprint density at radius 2 is 1.38 bits per heavy atom. The molecule has 0 fully saturated rings. The normalized spacial score (nSPS) is 8.50. The Morgan fingerprint density at radius 3 is 1.94 bits per heavy atom. The van der Waals surface area contributed by atoms with Crippen LogP contribution in [0.25, 0.3) is 10.8 Å². The molecule has 2 aromatic carbocycles. The van der Waals surface area contributed by atoms with Gasteiger partial charge in [-0.2, -0.15) is 0 Å². The molecule has 0 aliphatic carbocycles. The summed E-state index contributed by atoms with van der Waals surface area (Å²) < 4.78 is 0. The maximum absolute atomic E-state index is 9.37. The van der Waals surface area contributed by atoms with Crippen molar-refractivity contribution in [2.45, 2.75) is 34.1 Å². The number of benzene rings is 2. The predicted octanol–water partition coefficient (Wildman–Crippen LogP) is 4.99. The fourth-order valence-electron chi connectivity index (χ4n) is 1.21. The highest BCUT2D eigenvalue weighted by molar-refractivity contribution is 5.87. The first-order chi connectivity index (χ1) is 7.79. The second-order valence-corrected chi connectivity index (χ2v) is 3.21. The summed E-state index contributed by atoms with van der Waals surface area (Å²) in [6.07, 6.45) is 1.25. The van der Waals surface area contributed by atoms with Crippen molar-refractivity contribution in [3.05, 3.63) is 42.5 Å². The maximum Gasteiger partial charge on any atom is 0.123 e. The van der Waals surface area contributed by atoms with Crippen molar-refractivity contribution in [1.82, 2.24) is 0 Å². The molecule has 0 aliphatic rings. The summed E-state index contributed by atoms with van der Waals surface area (Å²) in [5.41, 5.74) is 0. The molecule has 0 aromatic heterocycles. The highest BCUT2D eigenvalue weighted by Gasteiger charge is 1.94. The lowest BCUT2D eigenvalue weighted by Crippen LogP contribution is -1.70. The van der Waals surface area contributed by atoms with E-state index in [1.807, 2.05) is 50.2 Å². The Hall–Kier alpha value is -1.50. The first kappa shape index (κ1) is 14.5. The third-order valence-electron chi connectivity index (χ3n) is 1.77. The third-order valence-corrected chi connectivity index (χ3v) is 1.77. The van der Waals surface area contributed by atoms with Gasteiger partial charge < -0.3 is 5.11 Å². The smallest absolute Gasteiger partial charge is 0.123 e. The van der Waals surface area contributed by atoms with Crippen molar-refractivity contribution in [3.63, 3.8) is 0 Å². The summed E-state index contributed by atoms with van der Waals surface area (Å²) in [4.78, 5) is 0. The van der Waals surface area contributed by atoms with E-state index in [0.29, 0.717) is 5.75 Å². The summed E-state index contributed by atoms with van der Waals surface area (Å²) in [6.45, 7) is 8.25. The molecule has 1 heteroatoms. The fourth-order valence-corrected chi connectivity index (χ4v) is 1.21. The molecule has 16 heavy (non-hydrogen) atoms. The molecule has 1 N–H and O–H groups in total. The standard InChI is InChI=1S/C10H8O.C3H8.C2H6/c11-10-7-3-5-8-4-1-2-6-9(8)10;1-3-2;1-2/h1-7,11H;3H2,1-2H3;1-2H3. The van der Waals surface area contributed by atoms with Crippen LogP contribution >= 0.6 is 0 Å². The number of aromatic hydroxyl groups is 1. The zero-order chi connectivity index (χ0) is 12.4. The zero-order valence-electron chi connectivity index (χ0n) is 10.7. The van der Waals surface area contributed by atoms with Gasteiger partial charge in [0, 0.05) is 5.39 Å². The molecule has 1 nitrogen and oxygen atoms in total. The van der Waals surface area contributed by atoms with Gasteiger partial charge in [0.05, 0.1) is 0 Å². The van der Waals surface area contributed by atoms with Gasteiger partial charge in [-0.05, 0) is 11.5 Å². The Bertz CT molecular complexity index is 388. The van der Waals surface area contributed by atoms with E-state index in [4.69, 9.17) is 0 Å². The molecule has 0 spiro atoms. The Morgan fingerprint density at radius 1 is 0.875 bits per heavy atom. The quantitative estimate of drug-likeness (QED) is 0.660. The highest BCUT2D eigenvalue weighted by atomic mass is 16.3. The molecule has 0 atom stereocenters. The lowest BCUT2D eigenvalue weighted by molar-refractivity contribution is 0.481. The van der Waals surface area contributed by atoms with E-state index < -0.39 is 0 Å². The molecule has 88 valence electrons. The second kappa shape index (κ2) is 8.78. The predicted molar refractivity (Wildman–Crippen MR) is 72.9 cm³/mol. The number of rotatable bonds is 0. The number of fused-ring (bicyclic) bond motifs is 1. The summed E-state index contributed by atoms with van der Waals surface area (Å²) >= 11 is 0. The van der Waals surface area contributed by atoms with Crippen molar-refractivity contribution in [3.8, 4) is 5.75 Å². The van der Waals surface area contributed by atoms with Gasteiger partial charge in [0.25, 0.3) is 0 Å². The van der Waals surface area contributed by atoms with Crippen molar-refractivity contribution in [2.75, 3.05) is 0 Å². The van der Waals surface area contributed by atoms with Gasteiger partial charge in [-0.3, -0.25) is 0 Å². The maximum atomic E-state index is 9.37. The van der Waals surface area contributed by atoms with Gasteiger partial charge in [-0.15, -0.1) is 0 Å². The molecule has 2 aromatic rings. The summed E-state index contributed by atoms with van der Waals surface area (Å²) in [6, 6.07) is 13.3. The van der Waals surface area contributed by atoms with Crippen LogP contribution in [0.4, 0.5) is 0 Å². The molecule has 0 amide bonds. The lowest BCUT2D eigenvalue weighted by Gasteiger charge is -1.97. The van der Waals surface area contributed by atoms with Crippen LogP contribution in [-0.2, 0) is 0 Å². The minimum atomic E-state index is 0.350. The first-order valence-electron chi connectivity index (χ1n) is 5.96. The van der Waals surface area contributed by atoms with E-state index in [9.17, 15) is 5.11 Å². The lowest BCUT2D eigenvalue weighted by atomic mass is 10.1. The largest absolute Gasteiger partial charge is 0.507 e. The van der Waals surface area contributed by atoms with Gasteiger partial charge in [-0.1, -0.05) is 70.5 Å². The minimum absolute atomic E-state index is 0.350. The summed E-state index contributed by atoms with van der Waals surface area (Å²) in [5, 5.41) is 11.4. The van der Waals surface area contributed by atoms with Crippen LogP contribution in [0.3, 0.4) is 0 Å². The highest BCUT2D eigenvalue weighted by Crippen LogP contribution is 2.22. The minimum Gasteiger partial charge on any atom is -0.507 e. The van der Waals surface area contributed by atoms with E-state index >= 15 is 0 Å². The van der Waals surface area contributed by atoms with Crippen LogP contribution in [0.5, 0.6) is 5.75 Å². The molecule has 0 radical (unpaired) electrons. The Kier molecular flexibility index (Phi) is 7.96. The molecular formula is C15H22O. The Balaban J connectivity index is 0.000000394. The summed E-state index contributed by atoms with van der Waals surface area (Å²) in [7, 11) is 0. The zero-order valence-corrected chi connectivity index (χ0v) is 10.7. The van der Waals surface area contributed by atoms with E-state index in [-0.39, 0.29) is 0 Å². The average Bonchev–Trinajstić information content (AvgIpc) is 2.33. The van der Waals surface area contributed by atoms with Gasteiger partial charge in [0.1, 0.15) is 5.75 Å². The van der Waals surface area contributed by atoms with Crippen LogP contribution in [-0.4, -0.2) is 5.11 Å². The molecule has 0 heterocycles. The second-order valence-electron chi connectivity index (χ2n) is 3.21. The molecule has 0 unspecified atom stereocenters. The van der Waals surface area contributed by atoms with Crippen LogP contribution in [0, 0.1) is 0 Å². The van der Waals surface area contributed by atoms with Crippen molar-refractivity contribution in [2.24, 2.45) is 0 Å². The van der Waals surface area contributed by atoms with E-state index in [0.717, 1.165) is 10.8 Å². The van der Waals surface area contributed by atoms with Crippen LogP contribution in [0.15, 0.2) is 42.5 Å². The van der Waals surface area contributed by atoms with Gasteiger partial charge in [0.15, 0.2) is 0 Å². The number of hydrogen-bond donors (Lipinski definition) is 1. The first-order valence-corrected chi connectivity index (χ1v) is 5.96. The molecule has 2 rings (SSSR count). The average molecular weight is 218 g/mol. The van der Waals surface area contributed by atoms with Crippen LogP contribution in [0.2, 0.25) is 0 Å². The third kappa shape index (κ3) is 4.35. The molecule has 0 saturated heterocycles.